The Hall–Kier alpha value is -3.22. The van der Waals surface area contributed by atoms with Crippen molar-refractivity contribution in [3.05, 3.63) is 59.4 Å². The zero-order valence-corrected chi connectivity index (χ0v) is 15.1. The van der Waals surface area contributed by atoms with Gasteiger partial charge in [-0.05, 0) is 35.9 Å². The Labute approximate surface area is 157 Å². The number of nitrogens with zero attached hydrogens (tertiary/aromatic N) is 4. The first-order chi connectivity index (χ1) is 13.0. The summed E-state index contributed by atoms with van der Waals surface area (Å²) >= 11 is 0. The zero-order valence-electron chi connectivity index (χ0n) is 15.1. The van der Waals surface area contributed by atoms with E-state index in [0.29, 0.717) is 43.7 Å². The van der Waals surface area contributed by atoms with E-state index in [1.807, 2.05) is 12.1 Å². The number of rotatable bonds is 2. The highest BCUT2D eigenvalue weighted by Crippen LogP contribution is 2.28. The van der Waals surface area contributed by atoms with Gasteiger partial charge in [0.15, 0.2) is 0 Å². The van der Waals surface area contributed by atoms with Gasteiger partial charge in [-0.15, -0.1) is 0 Å². The second-order valence-corrected chi connectivity index (χ2v) is 6.80. The summed E-state index contributed by atoms with van der Waals surface area (Å²) in [5, 5.41) is 0. The van der Waals surface area contributed by atoms with Crippen LogP contribution in [0, 0.1) is 0 Å². The molecule has 3 heterocycles. The number of anilines is 1. The van der Waals surface area contributed by atoms with Gasteiger partial charge in [0.05, 0.1) is 12.0 Å². The highest BCUT2D eigenvalue weighted by atomic mass is 16.2. The predicted octanol–water partition coefficient (Wildman–Crippen LogP) is 1.20. The molecule has 7 nitrogen and oxygen atoms in total. The highest BCUT2D eigenvalue weighted by Gasteiger charge is 2.28. The second kappa shape index (κ2) is 6.83. The van der Waals surface area contributed by atoms with Crippen LogP contribution in [-0.2, 0) is 11.2 Å². The predicted molar refractivity (Wildman–Crippen MR) is 99.6 cm³/mol. The van der Waals surface area contributed by atoms with Crippen LogP contribution >= 0.6 is 0 Å². The summed E-state index contributed by atoms with van der Waals surface area (Å²) in [7, 11) is 1.74. The first-order valence-electron chi connectivity index (χ1n) is 8.92. The van der Waals surface area contributed by atoms with Crippen LogP contribution in [0.2, 0.25) is 0 Å². The summed E-state index contributed by atoms with van der Waals surface area (Å²) in [5.74, 6) is -0.0836. The average Bonchev–Trinajstić information content (AvgIpc) is 3.01. The third-order valence-electron chi connectivity index (χ3n) is 5.17. The van der Waals surface area contributed by atoms with Gasteiger partial charge in [-0.2, -0.15) is 0 Å². The third kappa shape index (κ3) is 3.16. The van der Waals surface area contributed by atoms with Crippen molar-refractivity contribution in [3.63, 3.8) is 0 Å². The van der Waals surface area contributed by atoms with Crippen LogP contribution in [0.1, 0.15) is 26.3 Å². The first-order valence-corrected chi connectivity index (χ1v) is 8.92. The number of piperazine rings is 1. The monoisotopic (exact) mass is 364 g/mol. The molecule has 4 rings (SSSR count). The van der Waals surface area contributed by atoms with Crippen LogP contribution in [0.25, 0.3) is 0 Å². The van der Waals surface area contributed by atoms with Crippen LogP contribution in [0.15, 0.2) is 42.7 Å². The fraction of sp³-hybridized carbons (Fsp3) is 0.300. The van der Waals surface area contributed by atoms with Crippen LogP contribution in [0.3, 0.4) is 0 Å². The van der Waals surface area contributed by atoms with Gasteiger partial charge < -0.3 is 14.7 Å². The normalized spacial score (nSPS) is 16.5. The summed E-state index contributed by atoms with van der Waals surface area (Å²) in [6.07, 6.45) is 3.53. The Bertz CT molecular complexity index is 905. The fourth-order valence-electron chi connectivity index (χ4n) is 3.57. The number of pyridine rings is 1. The Morgan fingerprint density at radius 3 is 2.26 bits per heavy atom. The number of hydrogen-bond acceptors (Lipinski definition) is 4. The largest absolute Gasteiger partial charge is 0.335 e. The van der Waals surface area contributed by atoms with E-state index in [4.69, 9.17) is 0 Å². The van der Waals surface area contributed by atoms with E-state index in [-0.39, 0.29) is 17.7 Å². The van der Waals surface area contributed by atoms with Gasteiger partial charge >= 0.3 is 0 Å². The molecule has 138 valence electrons. The van der Waals surface area contributed by atoms with Crippen molar-refractivity contribution in [1.29, 1.82) is 0 Å². The molecule has 0 radical (unpaired) electrons. The van der Waals surface area contributed by atoms with E-state index in [1.54, 1.807) is 52.3 Å². The molecule has 1 aromatic carbocycles. The summed E-state index contributed by atoms with van der Waals surface area (Å²) < 4.78 is 0. The molecule has 3 amide bonds. The van der Waals surface area contributed by atoms with Crippen molar-refractivity contribution in [2.75, 3.05) is 38.1 Å². The molecule has 0 aliphatic carbocycles. The quantitative estimate of drug-likeness (QED) is 0.803. The van der Waals surface area contributed by atoms with Crippen molar-refractivity contribution in [2.24, 2.45) is 0 Å². The van der Waals surface area contributed by atoms with Crippen molar-refractivity contribution < 1.29 is 14.4 Å². The topological polar surface area (TPSA) is 73.8 Å². The number of hydrogen-bond donors (Lipinski definition) is 0. The SMILES string of the molecule is CN1C(=O)Cc2cc(C(=O)N3CCN(C(=O)c4cccnc4)CC3)ccc21. The van der Waals surface area contributed by atoms with Gasteiger partial charge in [0.25, 0.3) is 11.8 Å². The summed E-state index contributed by atoms with van der Waals surface area (Å²) in [4.78, 5) is 46.2. The molecular formula is C20H20N4O3. The summed E-state index contributed by atoms with van der Waals surface area (Å²) in [6.45, 7) is 1.96. The van der Waals surface area contributed by atoms with Crippen LogP contribution in [0.4, 0.5) is 5.69 Å². The number of fused-ring (bicyclic) bond motifs is 1. The molecule has 1 saturated heterocycles. The smallest absolute Gasteiger partial charge is 0.255 e. The van der Waals surface area contributed by atoms with E-state index in [9.17, 15) is 14.4 Å². The number of carbonyl (C=O) groups is 3. The minimum Gasteiger partial charge on any atom is -0.335 e. The third-order valence-corrected chi connectivity index (χ3v) is 5.17. The van der Waals surface area contributed by atoms with E-state index in [0.717, 1.165) is 11.3 Å². The molecule has 2 aliphatic rings. The molecule has 0 bridgehead atoms. The molecule has 0 saturated carbocycles. The van der Waals surface area contributed by atoms with Gasteiger partial charge in [0, 0.05) is 56.9 Å². The first kappa shape index (κ1) is 17.2. The zero-order chi connectivity index (χ0) is 19.0. The Morgan fingerprint density at radius 2 is 1.63 bits per heavy atom. The van der Waals surface area contributed by atoms with E-state index >= 15 is 0 Å². The second-order valence-electron chi connectivity index (χ2n) is 6.80. The Kier molecular flexibility index (Phi) is 4.35. The maximum Gasteiger partial charge on any atom is 0.255 e. The lowest BCUT2D eigenvalue weighted by molar-refractivity contribution is -0.117. The molecule has 0 N–H and O–H groups in total. The highest BCUT2D eigenvalue weighted by molar-refractivity contribution is 6.03. The minimum absolute atomic E-state index is 0.0390. The van der Waals surface area contributed by atoms with Crippen LogP contribution < -0.4 is 4.90 Å². The van der Waals surface area contributed by atoms with Gasteiger partial charge in [-0.25, -0.2) is 0 Å². The van der Waals surface area contributed by atoms with Crippen LogP contribution in [0.5, 0.6) is 0 Å². The molecule has 0 spiro atoms. The number of benzene rings is 1. The molecule has 1 fully saturated rings. The van der Waals surface area contributed by atoms with Crippen molar-refractivity contribution in [2.45, 2.75) is 6.42 Å². The van der Waals surface area contributed by atoms with Crippen molar-refractivity contribution in [3.8, 4) is 0 Å². The van der Waals surface area contributed by atoms with Gasteiger partial charge in [0.2, 0.25) is 5.91 Å². The average molecular weight is 364 g/mol. The molecule has 2 aromatic rings. The number of carbonyl (C=O) groups excluding carboxylic acids is 3. The van der Waals surface area contributed by atoms with Crippen molar-refractivity contribution >= 4 is 23.4 Å². The molecule has 27 heavy (non-hydrogen) atoms. The molecule has 1 aromatic heterocycles. The molecule has 2 aliphatic heterocycles. The molecule has 7 heteroatoms. The lowest BCUT2D eigenvalue weighted by Gasteiger charge is -2.34. The number of aromatic nitrogens is 1. The molecular weight excluding hydrogens is 344 g/mol. The number of likely N-dealkylation sites (N-methyl/N-ethyl adjacent to an activating group) is 1. The summed E-state index contributed by atoms with van der Waals surface area (Å²) in [6, 6.07) is 8.89. The maximum absolute atomic E-state index is 12.8. The lowest BCUT2D eigenvalue weighted by Crippen LogP contribution is -2.50. The van der Waals surface area contributed by atoms with E-state index in [1.165, 1.54) is 0 Å². The Morgan fingerprint density at radius 1 is 0.963 bits per heavy atom. The fourth-order valence-corrected chi connectivity index (χ4v) is 3.57. The van der Waals surface area contributed by atoms with E-state index in [2.05, 4.69) is 4.98 Å². The Balaban J connectivity index is 1.42. The van der Waals surface area contributed by atoms with Crippen molar-refractivity contribution in [1.82, 2.24) is 14.8 Å². The minimum atomic E-state index is -0.0618. The van der Waals surface area contributed by atoms with Gasteiger partial charge in [0.1, 0.15) is 0 Å². The number of amides is 3. The summed E-state index contributed by atoms with van der Waals surface area (Å²) in [5.41, 5.74) is 2.90. The lowest BCUT2D eigenvalue weighted by atomic mass is 10.1. The maximum atomic E-state index is 12.8. The van der Waals surface area contributed by atoms with E-state index < -0.39 is 0 Å². The van der Waals surface area contributed by atoms with Gasteiger partial charge in [-0.3, -0.25) is 19.4 Å². The molecule has 0 unspecified atom stereocenters. The van der Waals surface area contributed by atoms with Gasteiger partial charge in [-0.1, -0.05) is 0 Å². The van der Waals surface area contributed by atoms with Crippen LogP contribution in [-0.4, -0.2) is 65.7 Å². The standard InChI is InChI=1S/C20H20N4O3/c1-22-17-5-4-14(11-16(17)12-18(22)25)19(26)23-7-9-24(10-8-23)20(27)15-3-2-6-21-13-15/h2-6,11,13H,7-10,12H2,1H3. The molecule has 0 atom stereocenters.